The van der Waals surface area contributed by atoms with E-state index < -0.39 is 28.9 Å². The molecule has 0 radical (unpaired) electrons. The number of nitrogens with one attached hydrogen (secondary N) is 3. The van der Waals surface area contributed by atoms with E-state index in [2.05, 4.69) is 15.3 Å². The van der Waals surface area contributed by atoms with Gasteiger partial charge in [0.15, 0.2) is 0 Å². The van der Waals surface area contributed by atoms with Gasteiger partial charge in [0.2, 0.25) is 5.88 Å². The molecule has 2 aromatic heterocycles. The molecule has 2 aromatic rings. The molecule has 2 heterocycles. The number of alkyl halides is 3. The zero-order valence-electron chi connectivity index (χ0n) is 14.5. The molecule has 0 bridgehead atoms. The molecule has 1 amide bonds. The minimum absolute atomic E-state index is 0.113. The molecular formula is C17H17F3N4O4. The zero-order chi connectivity index (χ0) is 20.3. The Hall–Kier alpha value is -3.11. The van der Waals surface area contributed by atoms with Gasteiger partial charge >= 0.3 is 11.9 Å². The first-order chi connectivity index (χ1) is 13.2. The topological polar surface area (TPSA) is 117 Å². The van der Waals surface area contributed by atoms with Crippen LogP contribution in [-0.2, 0) is 6.18 Å². The van der Waals surface area contributed by atoms with Gasteiger partial charge in [-0.3, -0.25) is 14.6 Å². The third kappa shape index (κ3) is 4.99. The molecular weight excluding hydrogens is 381 g/mol. The Bertz CT molecular complexity index is 916. The average Bonchev–Trinajstić information content (AvgIpc) is 2.62. The summed E-state index contributed by atoms with van der Waals surface area (Å²) < 4.78 is 43.2. The summed E-state index contributed by atoms with van der Waals surface area (Å²) >= 11 is 0. The lowest BCUT2D eigenvalue weighted by molar-refractivity contribution is -0.137. The fourth-order valence-electron chi connectivity index (χ4n) is 2.97. The number of halogens is 3. The third-order valence-corrected chi connectivity index (χ3v) is 4.37. The van der Waals surface area contributed by atoms with Crippen LogP contribution in [0.25, 0.3) is 0 Å². The Morgan fingerprint density at radius 1 is 1.14 bits per heavy atom. The van der Waals surface area contributed by atoms with E-state index in [0.717, 1.165) is 18.3 Å². The van der Waals surface area contributed by atoms with Crippen molar-refractivity contribution in [3.05, 3.63) is 56.5 Å². The van der Waals surface area contributed by atoms with Gasteiger partial charge in [0, 0.05) is 24.4 Å². The summed E-state index contributed by atoms with van der Waals surface area (Å²) in [5, 5.41) is 2.74. The number of carbonyl (C=O) groups is 1. The first-order valence-corrected chi connectivity index (χ1v) is 8.55. The van der Waals surface area contributed by atoms with Gasteiger partial charge in [-0.2, -0.15) is 13.2 Å². The van der Waals surface area contributed by atoms with E-state index >= 15 is 0 Å². The van der Waals surface area contributed by atoms with Crippen molar-refractivity contribution >= 4 is 5.91 Å². The van der Waals surface area contributed by atoms with Crippen molar-refractivity contribution in [2.75, 3.05) is 0 Å². The van der Waals surface area contributed by atoms with Crippen molar-refractivity contribution in [3.63, 3.8) is 0 Å². The Kier molecular flexibility index (Phi) is 5.52. The molecule has 0 aromatic carbocycles. The number of H-pyrrole nitrogens is 2. The second-order valence-electron chi connectivity index (χ2n) is 6.45. The lowest BCUT2D eigenvalue weighted by Crippen LogP contribution is -2.41. The van der Waals surface area contributed by atoms with Crippen LogP contribution in [0.1, 0.15) is 41.7 Å². The van der Waals surface area contributed by atoms with Crippen molar-refractivity contribution < 1.29 is 22.7 Å². The van der Waals surface area contributed by atoms with Gasteiger partial charge < -0.3 is 15.0 Å². The highest BCUT2D eigenvalue weighted by atomic mass is 19.4. The van der Waals surface area contributed by atoms with Crippen LogP contribution in [0.2, 0.25) is 0 Å². The molecule has 150 valence electrons. The number of rotatable bonds is 4. The van der Waals surface area contributed by atoms with Gasteiger partial charge in [0.25, 0.3) is 11.5 Å². The SMILES string of the molecule is O=C(NC1CCC(Oc2ccc(C(F)(F)F)cn2)CC1)c1cc(=O)[nH]c(=O)[nH]1. The molecule has 8 nitrogen and oxygen atoms in total. The Morgan fingerprint density at radius 3 is 2.43 bits per heavy atom. The normalized spacial score (nSPS) is 19.8. The predicted molar refractivity (Wildman–Crippen MR) is 91.1 cm³/mol. The van der Waals surface area contributed by atoms with Crippen molar-refractivity contribution in [3.8, 4) is 5.88 Å². The van der Waals surface area contributed by atoms with Crippen molar-refractivity contribution in [2.45, 2.75) is 44.0 Å². The van der Waals surface area contributed by atoms with Gasteiger partial charge in [-0.1, -0.05) is 0 Å². The molecule has 1 aliphatic carbocycles. The maximum absolute atomic E-state index is 12.5. The van der Waals surface area contributed by atoms with Crippen LogP contribution in [-0.4, -0.2) is 33.0 Å². The monoisotopic (exact) mass is 398 g/mol. The summed E-state index contributed by atoms with van der Waals surface area (Å²) in [6.45, 7) is 0. The standard InChI is InChI=1S/C17H17F3N4O4/c18-17(19,20)9-1-6-14(21-8-9)28-11-4-2-10(3-5-11)22-15(26)12-7-13(25)24-16(27)23-12/h1,6-8,10-11H,2-5H2,(H,22,26)(H2,23,24,25,27). The highest BCUT2D eigenvalue weighted by Crippen LogP contribution is 2.30. The smallest absolute Gasteiger partial charge is 0.417 e. The molecule has 1 fully saturated rings. The van der Waals surface area contributed by atoms with E-state index in [-0.39, 0.29) is 23.7 Å². The number of hydrogen-bond acceptors (Lipinski definition) is 5. The van der Waals surface area contributed by atoms with Crippen molar-refractivity contribution in [1.29, 1.82) is 0 Å². The van der Waals surface area contributed by atoms with Gasteiger partial charge in [0.1, 0.15) is 11.8 Å². The van der Waals surface area contributed by atoms with Gasteiger partial charge in [0.05, 0.1) is 5.56 Å². The summed E-state index contributed by atoms with van der Waals surface area (Å²) in [6, 6.07) is 2.92. The number of ether oxygens (including phenoxy) is 1. The fourth-order valence-corrected chi connectivity index (χ4v) is 2.97. The fraction of sp³-hybridized carbons (Fsp3) is 0.412. The maximum atomic E-state index is 12.5. The highest BCUT2D eigenvalue weighted by Gasteiger charge is 2.31. The molecule has 28 heavy (non-hydrogen) atoms. The number of carbonyl (C=O) groups excluding carboxylic acids is 1. The van der Waals surface area contributed by atoms with E-state index in [9.17, 15) is 27.6 Å². The molecule has 3 N–H and O–H groups in total. The minimum Gasteiger partial charge on any atom is -0.474 e. The lowest BCUT2D eigenvalue weighted by atomic mass is 9.93. The summed E-state index contributed by atoms with van der Waals surface area (Å²) in [5.41, 5.74) is -2.40. The summed E-state index contributed by atoms with van der Waals surface area (Å²) in [5.74, 6) is -0.446. The second kappa shape index (κ2) is 7.87. The van der Waals surface area contributed by atoms with Crippen LogP contribution < -0.4 is 21.3 Å². The second-order valence-corrected chi connectivity index (χ2v) is 6.45. The van der Waals surface area contributed by atoms with E-state index in [1.165, 1.54) is 6.07 Å². The number of aromatic nitrogens is 3. The molecule has 1 saturated carbocycles. The summed E-state index contributed by atoms with van der Waals surface area (Å²) in [6.07, 6.45) is -1.66. The molecule has 0 spiro atoms. The summed E-state index contributed by atoms with van der Waals surface area (Å²) in [4.78, 5) is 42.5. The molecule has 0 aliphatic heterocycles. The van der Waals surface area contributed by atoms with Crippen LogP contribution >= 0.6 is 0 Å². The maximum Gasteiger partial charge on any atom is 0.417 e. The van der Waals surface area contributed by atoms with Gasteiger partial charge in [-0.05, 0) is 31.7 Å². The largest absolute Gasteiger partial charge is 0.474 e. The van der Waals surface area contributed by atoms with Crippen LogP contribution in [0.5, 0.6) is 5.88 Å². The molecule has 3 rings (SSSR count). The summed E-state index contributed by atoms with van der Waals surface area (Å²) in [7, 11) is 0. The third-order valence-electron chi connectivity index (χ3n) is 4.37. The number of hydrogen-bond donors (Lipinski definition) is 3. The van der Waals surface area contributed by atoms with E-state index in [0.29, 0.717) is 25.7 Å². The van der Waals surface area contributed by atoms with E-state index in [1.54, 1.807) is 0 Å². The molecule has 0 unspecified atom stereocenters. The Morgan fingerprint density at radius 2 is 1.86 bits per heavy atom. The van der Waals surface area contributed by atoms with Gasteiger partial charge in [-0.25, -0.2) is 9.78 Å². The van der Waals surface area contributed by atoms with Crippen LogP contribution in [0, 0.1) is 0 Å². The molecule has 11 heteroatoms. The number of nitrogens with zero attached hydrogens (tertiary/aromatic N) is 1. The van der Waals surface area contributed by atoms with Crippen molar-refractivity contribution in [1.82, 2.24) is 20.3 Å². The van der Waals surface area contributed by atoms with Crippen molar-refractivity contribution in [2.24, 2.45) is 0 Å². The number of pyridine rings is 1. The quantitative estimate of drug-likeness (QED) is 0.723. The predicted octanol–water partition coefficient (Wildman–Crippen LogP) is 1.60. The first-order valence-electron chi connectivity index (χ1n) is 8.55. The first kappa shape index (κ1) is 19.6. The van der Waals surface area contributed by atoms with E-state index in [4.69, 9.17) is 4.74 Å². The number of amides is 1. The lowest BCUT2D eigenvalue weighted by Gasteiger charge is -2.29. The minimum atomic E-state index is -4.45. The molecule has 1 aliphatic rings. The van der Waals surface area contributed by atoms with Crippen LogP contribution in [0.4, 0.5) is 13.2 Å². The van der Waals surface area contributed by atoms with E-state index in [1.807, 2.05) is 4.98 Å². The Labute approximate surface area is 156 Å². The van der Waals surface area contributed by atoms with Crippen LogP contribution in [0.3, 0.4) is 0 Å². The molecule has 0 saturated heterocycles. The van der Waals surface area contributed by atoms with Crippen LogP contribution in [0.15, 0.2) is 34.0 Å². The van der Waals surface area contributed by atoms with Gasteiger partial charge in [-0.15, -0.1) is 0 Å². The molecule has 0 atom stereocenters. The average molecular weight is 398 g/mol. The zero-order valence-corrected chi connectivity index (χ0v) is 14.5. The number of aromatic amines is 2. The highest BCUT2D eigenvalue weighted by molar-refractivity contribution is 5.92. The Balaban J connectivity index is 1.51.